The molecular formula is C14H17NO. The highest BCUT2D eigenvalue weighted by Gasteiger charge is 2.40. The second kappa shape index (κ2) is 3.93. The minimum Gasteiger partial charge on any atom is -0.349 e. The Kier molecular flexibility index (Phi) is 2.43. The highest BCUT2D eigenvalue weighted by Crippen LogP contribution is 2.44. The van der Waals surface area contributed by atoms with Crippen LogP contribution < -0.4 is 5.32 Å². The Balaban J connectivity index is 1.65. The second-order valence-corrected chi connectivity index (χ2v) is 5.12. The van der Waals surface area contributed by atoms with Crippen LogP contribution >= 0.6 is 0 Å². The van der Waals surface area contributed by atoms with Crippen LogP contribution in [-0.2, 0) is 0 Å². The van der Waals surface area contributed by atoms with Gasteiger partial charge in [0.05, 0.1) is 0 Å². The van der Waals surface area contributed by atoms with Crippen LogP contribution in [-0.4, -0.2) is 11.9 Å². The summed E-state index contributed by atoms with van der Waals surface area (Å²) >= 11 is 0. The summed E-state index contributed by atoms with van der Waals surface area (Å²) in [6.07, 6.45) is 5.22. The third-order valence-corrected chi connectivity index (χ3v) is 4.09. The molecule has 0 aliphatic heterocycles. The van der Waals surface area contributed by atoms with Crippen molar-refractivity contribution in [3.63, 3.8) is 0 Å². The van der Waals surface area contributed by atoms with E-state index in [1.54, 1.807) is 0 Å². The summed E-state index contributed by atoms with van der Waals surface area (Å²) in [5.74, 6) is 1.72. The minimum absolute atomic E-state index is 0.0955. The number of nitrogens with one attached hydrogen (secondary N) is 1. The first-order chi connectivity index (χ1) is 7.83. The van der Waals surface area contributed by atoms with E-state index in [0.29, 0.717) is 6.04 Å². The highest BCUT2D eigenvalue weighted by atomic mass is 16.1. The van der Waals surface area contributed by atoms with E-state index >= 15 is 0 Å². The van der Waals surface area contributed by atoms with E-state index in [1.165, 1.54) is 25.7 Å². The van der Waals surface area contributed by atoms with Crippen molar-refractivity contribution in [3.8, 4) is 0 Å². The average Bonchev–Trinajstić information content (AvgIpc) is 2.92. The van der Waals surface area contributed by atoms with Crippen molar-refractivity contribution in [2.45, 2.75) is 31.7 Å². The van der Waals surface area contributed by atoms with Gasteiger partial charge in [-0.05, 0) is 43.2 Å². The zero-order chi connectivity index (χ0) is 11.0. The first-order valence-electron chi connectivity index (χ1n) is 6.19. The Hall–Kier alpha value is -1.31. The molecule has 0 spiro atoms. The number of hydrogen-bond donors (Lipinski definition) is 1. The van der Waals surface area contributed by atoms with Crippen LogP contribution in [0.1, 0.15) is 36.0 Å². The molecule has 2 aliphatic carbocycles. The lowest BCUT2D eigenvalue weighted by molar-refractivity contribution is 0.0923. The van der Waals surface area contributed by atoms with E-state index in [1.807, 2.05) is 30.3 Å². The second-order valence-electron chi connectivity index (χ2n) is 5.12. The molecule has 2 saturated carbocycles. The molecule has 1 N–H and O–H groups in total. The monoisotopic (exact) mass is 215 g/mol. The summed E-state index contributed by atoms with van der Waals surface area (Å²) in [6.45, 7) is 0. The average molecular weight is 215 g/mol. The SMILES string of the molecule is O=C(N[C@H]1C[C@H]2CC[C@@H]1C2)c1ccccc1. The Labute approximate surface area is 96.1 Å². The van der Waals surface area contributed by atoms with Gasteiger partial charge in [-0.3, -0.25) is 4.79 Å². The molecule has 2 aliphatic rings. The number of carbonyl (C=O) groups is 1. The van der Waals surface area contributed by atoms with E-state index in [-0.39, 0.29) is 5.91 Å². The van der Waals surface area contributed by atoms with Gasteiger partial charge in [-0.1, -0.05) is 24.6 Å². The van der Waals surface area contributed by atoms with Gasteiger partial charge >= 0.3 is 0 Å². The fourth-order valence-corrected chi connectivity index (χ4v) is 3.26. The molecule has 84 valence electrons. The fourth-order valence-electron chi connectivity index (χ4n) is 3.26. The minimum atomic E-state index is 0.0955. The zero-order valence-corrected chi connectivity index (χ0v) is 9.36. The fraction of sp³-hybridized carbons (Fsp3) is 0.500. The number of rotatable bonds is 2. The van der Waals surface area contributed by atoms with Crippen molar-refractivity contribution in [2.24, 2.45) is 11.8 Å². The molecule has 1 amide bonds. The summed E-state index contributed by atoms with van der Waals surface area (Å²) in [7, 11) is 0. The molecule has 2 heteroatoms. The molecule has 0 saturated heterocycles. The molecule has 0 aromatic heterocycles. The van der Waals surface area contributed by atoms with E-state index in [2.05, 4.69) is 5.32 Å². The normalized spacial score (nSPS) is 31.6. The van der Waals surface area contributed by atoms with Gasteiger partial charge in [0.1, 0.15) is 0 Å². The van der Waals surface area contributed by atoms with Gasteiger partial charge in [-0.15, -0.1) is 0 Å². The third kappa shape index (κ3) is 1.73. The van der Waals surface area contributed by atoms with E-state index < -0.39 is 0 Å². The van der Waals surface area contributed by atoms with Gasteiger partial charge < -0.3 is 5.32 Å². The smallest absolute Gasteiger partial charge is 0.251 e. The lowest BCUT2D eigenvalue weighted by Gasteiger charge is -2.22. The van der Waals surface area contributed by atoms with Gasteiger partial charge in [-0.2, -0.15) is 0 Å². The van der Waals surface area contributed by atoms with E-state index in [9.17, 15) is 4.79 Å². The molecule has 2 bridgehead atoms. The maximum atomic E-state index is 12.0. The number of amides is 1. The quantitative estimate of drug-likeness (QED) is 0.807. The van der Waals surface area contributed by atoms with Crippen LogP contribution in [0.25, 0.3) is 0 Å². The maximum Gasteiger partial charge on any atom is 0.251 e. The van der Waals surface area contributed by atoms with Crippen molar-refractivity contribution in [1.82, 2.24) is 5.32 Å². The van der Waals surface area contributed by atoms with E-state index in [0.717, 1.165) is 17.4 Å². The molecule has 0 radical (unpaired) electrons. The standard InChI is InChI=1S/C14H17NO/c16-14(11-4-2-1-3-5-11)15-13-9-10-6-7-12(13)8-10/h1-5,10,12-13H,6-9H2,(H,15,16)/t10-,12+,13-/m0/s1. The van der Waals surface area contributed by atoms with Gasteiger partial charge in [0.15, 0.2) is 0 Å². The molecule has 16 heavy (non-hydrogen) atoms. The molecule has 3 atom stereocenters. The van der Waals surface area contributed by atoms with E-state index in [4.69, 9.17) is 0 Å². The molecule has 1 aromatic carbocycles. The Morgan fingerprint density at radius 3 is 2.56 bits per heavy atom. The third-order valence-electron chi connectivity index (χ3n) is 4.09. The molecule has 3 rings (SSSR count). The summed E-state index contributed by atoms with van der Waals surface area (Å²) in [4.78, 5) is 12.0. The van der Waals surface area contributed by atoms with Crippen molar-refractivity contribution < 1.29 is 4.79 Å². The highest BCUT2D eigenvalue weighted by molar-refractivity contribution is 5.94. The molecule has 0 unspecified atom stereocenters. The lowest BCUT2D eigenvalue weighted by Crippen LogP contribution is -2.38. The first-order valence-corrected chi connectivity index (χ1v) is 6.19. The molecule has 1 aromatic rings. The summed E-state index contributed by atoms with van der Waals surface area (Å²) in [5, 5.41) is 3.19. The Morgan fingerprint density at radius 2 is 1.94 bits per heavy atom. The summed E-state index contributed by atoms with van der Waals surface area (Å²) < 4.78 is 0. The maximum absolute atomic E-state index is 12.0. The summed E-state index contributed by atoms with van der Waals surface area (Å²) in [6, 6.07) is 9.96. The van der Waals surface area contributed by atoms with Crippen molar-refractivity contribution in [1.29, 1.82) is 0 Å². The van der Waals surface area contributed by atoms with Gasteiger partial charge in [-0.25, -0.2) is 0 Å². The van der Waals surface area contributed by atoms with Gasteiger partial charge in [0.25, 0.3) is 5.91 Å². The molecule has 2 fully saturated rings. The van der Waals surface area contributed by atoms with Crippen LogP contribution in [0.4, 0.5) is 0 Å². The number of benzene rings is 1. The number of carbonyl (C=O) groups excluding carboxylic acids is 1. The zero-order valence-electron chi connectivity index (χ0n) is 9.36. The molecular weight excluding hydrogens is 198 g/mol. The lowest BCUT2D eigenvalue weighted by atomic mass is 9.95. The number of fused-ring (bicyclic) bond motifs is 2. The Morgan fingerprint density at radius 1 is 1.12 bits per heavy atom. The van der Waals surface area contributed by atoms with Crippen LogP contribution in [0.5, 0.6) is 0 Å². The topological polar surface area (TPSA) is 29.1 Å². The van der Waals surface area contributed by atoms with Gasteiger partial charge in [0, 0.05) is 11.6 Å². The van der Waals surface area contributed by atoms with Crippen LogP contribution in [0.2, 0.25) is 0 Å². The molecule has 2 nitrogen and oxygen atoms in total. The van der Waals surface area contributed by atoms with Crippen LogP contribution in [0.15, 0.2) is 30.3 Å². The first kappa shape index (κ1) is 9.88. The summed E-state index contributed by atoms with van der Waals surface area (Å²) in [5.41, 5.74) is 0.783. The van der Waals surface area contributed by atoms with Crippen molar-refractivity contribution >= 4 is 5.91 Å². The van der Waals surface area contributed by atoms with Gasteiger partial charge in [0.2, 0.25) is 0 Å². The predicted octanol–water partition coefficient (Wildman–Crippen LogP) is 2.61. The van der Waals surface area contributed by atoms with Crippen LogP contribution in [0.3, 0.4) is 0 Å². The molecule has 0 heterocycles. The Bertz CT molecular complexity index is 387. The largest absolute Gasteiger partial charge is 0.349 e. The predicted molar refractivity (Wildman–Crippen MR) is 63.1 cm³/mol. The van der Waals surface area contributed by atoms with Crippen molar-refractivity contribution in [2.75, 3.05) is 0 Å². The number of hydrogen-bond acceptors (Lipinski definition) is 1. The van der Waals surface area contributed by atoms with Crippen LogP contribution in [0, 0.1) is 11.8 Å². The van der Waals surface area contributed by atoms with Crippen molar-refractivity contribution in [3.05, 3.63) is 35.9 Å².